The van der Waals surface area contributed by atoms with Crippen molar-refractivity contribution in [2.75, 3.05) is 5.43 Å². The molecule has 1 heterocycles. The Labute approximate surface area is 115 Å². The Hall–Kier alpha value is -1.92. The minimum atomic E-state index is -0.490. The average Bonchev–Trinajstić information content (AvgIpc) is 2.93. The standard InChI is InChI=1S/C13H16N4OS/c1-13(2,12-15-7-8-19-12)16-11(18)9-3-5-10(17-14)6-4-9/h3-8,17H,14H2,1-2H3,(H,16,18). The third-order valence-electron chi connectivity index (χ3n) is 2.71. The highest BCUT2D eigenvalue weighted by Gasteiger charge is 2.25. The molecule has 2 aromatic rings. The second kappa shape index (κ2) is 5.38. The van der Waals surface area contributed by atoms with Crippen molar-refractivity contribution in [1.29, 1.82) is 0 Å². The van der Waals surface area contributed by atoms with Gasteiger partial charge in [0, 0.05) is 22.8 Å². The highest BCUT2D eigenvalue weighted by molar-refractivity contribution is 7.09. The normalized spacial score (nSPS) is 11.1. The molecule has 100 valence electrons. The number of thiazole rings is 1. The number of carbonyl (C=O) groups is 1. The molecular weight excluding hydrogens is 260 g/mol. The van der Waals surface area contributed by atoms with Gasteiger partial charge >= 0.3 is 0 Å². The van der Waals surface area contributed by atoms with E-state index in [9.17, 15) is 4.79 Å². The zero-order valence-electron chi connectivity index (χ0n) is 10.8. The van der Waals surface area contributed by atoms with Crippen molar-refractivity contribution in [1.82, 2.24) is 10.3 Å². The van der Waals surface area contributed by atoms with Crippen molar-refractivity contribution in [3.05, 3.63) is 46.4 Å². The molecule has 0 aliphatic carbocycles. The molecule has 2 rings (SSSR count). The third kappa shape index (κ3) is 3.10. The first-order chi connectivity index (χ1) is 9.03. The quantitative estimate of drug-likeness (QED) is 0.590. The van der Waals surface area contributed by atoms with Crippen molar-refractivity contribution in [3.8, 4) is 0 Å². The molecule has 4 N–H and O–H groups in total. The van der Waals surface area contributed by atoms with Gasteiger partial charge in [-0.3, -0.25) is 10.6 Å². The van der Waals surface area contributed by atoms with Crippen LogP contribution in [0.2, 0.25) is 0 Å². The van der Waals surface area contributed by atoms with Gasteiger partial charge in [-0.15, -0.1) is 11.3 Å². The Kier molecular flexibility index (Phi) is 3.82. The number of nitrogens with two attached hydrogens (primary N) is 1. The fourth-order valence-corrected chi connectivity index (χ4v) is 2.38. The summed E-state index contributed by atoms with van der Waals surface area (Å²) in [4.78, 5) is 16.4. The first-order valence-electron chi connectivity index (χ1n) is 5.82. The summed E-state index contributed by atoms with van der Waals surface area (Å²) in [6.45, 7) is 3.86. The molecule has 0 unspecified atom stereocenters. The van der Waals surface area contributed by atoms with E-state index in [2.05, 4.69) is 15.7 Å². The minimum Gasteiger partial charge on any atom is -0.341 e. The van der Waals surface area contributed by atoms with Crippen molar-refractivity contribution in [2.45, 2.75) is 19.4 Å². The highest BCUT2D eigenvalue weighted by Crippen LogP contribution is 2.22. The topological polar surface area (TPSA) is 80.0 Å². The van der Waals surface area contributed by atoms with Crippen molar-refractivity contribution >= 4 is 22.9 Å². The molecule has 5 nitrogen and oxygen atoms in total. The first-order valence-corrected chi connectivity index (χ1v) is 6.70. The number of benzene rings is 1. The van der Waals surface area contributed by atoms with Crippen LogP contribution in [0.1, 0.15) is 29.2 Å². The van der Waals surface area contributed by atoms with Crippen molar-refractivity contribution < 1.29 is 4.79 Å². The number of hydrogen-bond acceptors (Lipinski definition) is 5. The van der Waals surface area contributed by atoms with Gasteiger partial charge < -0.3 is 10.7 Å². The zero-order chi connectivity index (χ0) is 13.9. The molecule has 0 spiro atoms. The van der Waals surface area contributed by atoms with E-state index in [0.717, 1.165) is 10.7 Å². The highest BCUT2D eigenvalue weighted by atomic mass is 32.1. The predicted octanol–water partition coefficient (Wildman–Crippen LogP) is 2.09. The van der Waals surface area contributed by atoms with E-state index in [-0.39, 0.29) is 5.91 Å². The fraction of sp³-hybridized carbons (Fsp3) is 0.231. The molecule has 0 aliphatic heterocycles. The number of hydrazine groups is 1. The lowest BCUT2D eigenvalue weighted by Gasteiger charge is -2.23. The van der Waals surface area contributed by atoms with Crippen molar-refractivity contribution in [2.24, 2.45) is 5.84 Å². The Balaban J connectivity index is 2.12. The minimum absolute atomic E-state index is 0.135. The number of nitrogen functional groups attached to an aromatic ring is 1. The third-order valence-corrected chi connectivity index (χ3v) is 3.80. The van der Waals surface area contributed by atoms with E-state index in [1.807, 2.05) is 19.2 Å². The molecule has 0 radical (unpaired) electrons. The van der Waals surface area contributed by atoms with Crippen LogP contribution >= 0.6 is 11.3 Å². The summed E-state index contributed by atoms with van der Waals surface area (Å²) in [5, 5.41) is 5.74. The number of carbonyl (C=O) groups excluding carboxylic acids is 1. The van der Waals surface area contributed by atoms with Gasteiger partial charge in [-0.05, 0) is 38.1 Å². The summed E-state index contributed by atoms with van der Waals surface area (Å²) in [5.41, 5.74) is 3.38. The first kappa shape index (κ1) is 13.5. The van der Waals surface area contributed by atoms with Gasteiger partial charge in [0.1, 0.15) is 5.01 Å². The number of hydrogen-bond donors (Lipinski definition) is 3. The molecule has 0 bridgehead atoms. The van der Waals surface area contributed by atoms with E-state index < -0.39 is 5.54 Å². The average molecular weight is 276 g/mol. The second-order valence-corrected chi connectivity index (χ2v) is 5.53. The summed E-state index contributed by atoms with van der Waals surface area (Å²) >= 11 is 1.52. The van der Waals surface area contributed by atoms with E-state index in [4.69, 9.17) is 5.84 Å². The van der Waals surface area contributed by atoms with E-state index in [1.54, 1.807) is 30.5 Å². The molecule has 1 aromatic carbocycles. The van der Waals surface area contributed by atoms with Gasteiger partial charge in [-0.25, -0.2) is 4.98 Å². The number of aromatic nitrogens is 1. The molecular formula is C13H16N4OS. The SMILES string of the molecule is CC(C)(NC(=O)c1ccc(NN)cc1)c1nccs1. The van der Waals surface area contributed by atoms with Gasteiger partial charge in [0.05, 0.1) is 5.54 Å². The van der Waals surface area contributed by atoms with Crippen LogP contribution in [-0.2, 0) is 5.54 Å². The maximum Gasteiger partial charge on any atom is 0.252 e. The molecule has 0 saturated heterocycles. The number of nitrogens with one attached hydrogen (secondary N) is 2. The van der Waals surface area contributed by atoms with E-state index >= 15 is 0 Å². The Morgan fingerprint density at radius 3 is 2.53 bits per heavy atom. The summed E-state index contributed by atoms with van der Waals surface area (Å²) in [6.07, 6.45) is 1.73. The van der Waals surface area contributed by atoms with Crippen LogP contribution in [0.15, 0.2) is 35.8 Å². The zero-order valence-corrected chi connectivity index (χ0v) is 11.6. The molecule has 6 heteroatoms. The maximum absolute atomic E-state index is 12.2. The molecule has 0 fully saturated rings. The molecule has 19 heavy (non-hydrogen) atoms. The fourth-order valence-electron chi connectivity index (χ4n) is 1.66. The second-order valence-electron chi connectivity index (χ2n) is 4.64. The Morgan fingerprint density at radius 1 is 1.32 bits per heavy atom. The Bertz CT molecular complexity index is 549. The maximum atomic E-state index is 12.2. The van der Waals surface area contributed by atoms with E-state index in [0.29, 0.717) is 5.56 Å². The van der Waals surface area contributed by atoms with Crippen LogP contribution in [-0.4, -0.2) is 10.9 Å². The largest absolute Gasteiger partial charge is 0.341 e. The molecule has 0 atom stereocenters. The summed E-state index contributed by atoms with van der Waals surface area (Å²) in [7, 11) is 0. The van der Waals surface area contributed by atoms with Gasteiger partial charge in [0.2, 0.25) is 0 Å². The van der Waals surface area contributed by atoms with Crippen molar-refractivity contribution in [3.63, 3.8) is 0 Å². The Morgan fingerprint density at radius 2 is 2.00 bits per heavy atom. The predicted molar refractivity (Wildman–Crippen MR) is 76.9 cm³/mol. The summed E-state index contributed by atoms with van der Waals surface area (Å²) in [5.74, 6) is 5.15. The van der Waals surface area contributed by atoms with Crippen LogP contribution in [0.4, 0.5) is 5.69 Å². The summed E-state index contributed by atoms with van der Waals surface area (Å²) < 4.78 is 0. The molecule has 0 saturated carbocycles. The smallest absolute Gasteiger partial charge is 0.252 e. The lowest BCUT2D eigenvalue weighted by molar-refractivity contribution is 0.0912. The lowest BCUT2D eigenvalue weighted by Crippen LogP contribution is -2.40. The number of rotatable bonds is 4. The number of nitrogens with zero attached hydrogens (tertiary/aromatic N) is 1. The van der Waals surface area contributed by atoms with Crippen LogP contribution in [0.25, 0.3) is 0 Å². The van der Waals surface area contributed by atoms with Crippen LogP contribution in [0, 0.1) is 0 Å². The van der Waals surface area contributed by atoms with Crippen LogP contribution in [0.5, 0.6) is 0 Å². The van der Waals surface area contributed by atoms with Crippen LogP contribution in [0.3, 0.4) is 0 Å². The molecule has 1 amide bonds. The van der Waals surface area contributed by atoms with Gasteiger partial charge in [0.15, 0.2) is 0 Å². The van der Waals surface area contributed by atoms with Crippen LogP contribution < -0.4 is 16.6 Å². The number of amides is 1. The molecule has 0 aliphatic rings. The lowest BCUT2D eigenvalue weighted by atomic mass is 10.1. The van der Waals surface area contributed by atoms with E-state index in [1.165, 1.54) is 11.3 Å². The monoisotopic (exact) mass is 276 g/mol. The van der Waals surface area contributed by atoms with Gasteiger partial charge in [-0.2, -0.15) is 0 Å². The summed E-state index contributed by atoms with van der Waals surface area (Å²) in [6, 6.07) is 6.96. The van der Waals surface area contributed by atoms with Gasteiger partial charge in [-0.1, -0.05) is 0 Å². The number of anilines is 1. The molecule has 1 aromatic heterocycles. The van der Waals surface area contributed by atoms with Gasteiger partial charge in [0.25, 0.3) is 5.91 Å².